The lowest BCUT2D eigenvalue weighted by molar-refractivity contribution is -0.119. The topological polar surface area (TPSA) is 51.2 Å². The van der Waals surface area contributed by atoms with E-state index in [0.717, 1.165) is 5.56 Å². The Labute approximate surface area is 142 Å². The number of benzene rings is 2. The van der Waals surface area contributed by atoms with Crippen LogP contribution in [0.5, 0.6) is 0 Å². The molecule has 0 radical (unpaired) electrons. The molecule has 0 N–H and O–H groups in total. The highest BCUT2D eigenvalue weighted by atomic mass is 16.2. The molecule has 0 heterocycles. The van der Waals surface area contributed by atoms with Crippen LogP contribution in [-0.2, 0) is 4.79 Å². The molecule has 0 amide bonds. The van der Waals surface area contributed by atoms with Crippen molar-refractivity contribution in [1.82, 2.24) is 0 Å². The lowest BCUT2D eigenvalue weighted by atomic mass is 9.79. The summed E-state index contributed by atoms with van der Waals surface area (Å²) in [5, 5.41) is 0. The lowest BCUT2D eigenvalue weighted by Gasteiger charge is -2.22. The van der Waals surface area contributed by atoms with Gasteiger partial charge in [0, 0.05) is 17.0 Å². The van der Waals surface area contributed by atoms with Crippen molar-refractivity contribution < 1.29 is 14.4 Å². The Balaban J connectivity index is 2.40. The maximum atomic E-state index is 12.8. The highest BCUT2D eigenvalue weighted by Crippen LogP contribution is 2.30. The highest BCUT2D eigenvalue weighted by Gasteiger charge is 2.32. The van der Waals surface area contributed by atoms with E-state index in [2.05, 4.69) is 6.58 Å². The molecule has 2 aromatic carbocycles. The van der Waals surface area contributed by atoms with Gasteiger partial charge in [-0.15, -0.1) is 6.58 Å². The zero-order valence-electron chi connectivity index (χ0n) is 13.9. The van der Waals surface area contributed by atoms with Crippen LogP contribution in [0.4, 0.5) is 0 Å². The second-order valence-corrected chi connectivity index (χ2v) is 5.76. The second kappa shape index (κ2) is 7.64. The summed E-state index contributed by atoms with van der Waals surface area (Å²) in [4.78, 5) is 36.4. The minimum Gasteiger partial charge on any atom is -0.299 e. The molecule has 122 valence electrons. The Morgan fingerprint density at radius 1 is 0.875 bits per heavy atom. The molecule has 0 fully saturated rings. The minimum atomic E-state index is -0.826. The van der Waals surface area contributed by atoms with Crippen molar-refractivity contribution in [2.45, 2.75) is 19.8 Å². The number of carbonyl (C=O) groups is 3. The van der Waals surface area contributed by atoms with Crippen molar-refractivity contribution in [3.8, 4) is 0 Å². The molecule has 0 aliphatic heterocycles. The first-order chi connectivity index (χ1) is 11.5. The molecule has 0 saturated carbocycles. The molecule has 3 nitrogen and oxygen atoms in total. The second-order valence-electron chi connectivity index (χ2n) is 5.76. The summed E-state index contributed by atoms with van der Waals surface area (Å²) < 4.78 is 0. The van der Waals surface area contributed by atoms with Crippen LogP contribution < -0.4 is 0 Å². The molecule has 0 spiro atoms. The van der Waals surface area contributed by atoms with Gasteiger partial charge < -0.3 is 0 Å². The fourth-order valence-electron chi connectivity index (χ4n) is 2.79. The fraction of sp³-hybridized carbons (Fsp3) is 0.190. The molecule has 0 aliphatic carbocycles. The number of carbonyl (C=O) groups excluding carboxylic acids is 3. The molecule has 0 aliphatic rings. The number of rotatable bonds is 7. The van der Waals surface area contributed by atoms with E-state index in [0.29, 0.717) is 11.1 Å². The van der Waals surface area contributed by atoms with Gasteiger partial charge in [0.1, 0.15) is 5.78 Å². The minimum absolute atomic E-state index is 0.0276. The first-order valence-corrected chi connectivity index (χ1v) is 7.79. The van der Waals surface area contributed by atoms with Crippen LogP contribution >= 0.6 is 0 Å². The Morgan fingerprint density at radius 2 is 1.46 bits per heavy atom. The summed E-state index contributed by atoms with van der Waals surface area (Å²) in [6.07, 6.45) is 1.62. The molecule has 0 bridgehead atoms. The van der Waals surface area contributed by atoms with Crippen LogP contribution in [0.3, 0.4) is 0 Å². The predicted molar refractivity (Wildman–Crippen MR) is 94.3 cm³/mol. The van der Waals surface area contributed by atoms with E-state index in [1.165, 1.54) is 13.8 Å². The predicted octanol–water partition coefficient (Wildman–Crippen LogP) is 4.25. The van der Waals surface area contributed by atoms with Crippen molar-refractivity contribution in [2.75, 3.05) is 0 Å². The van der Waals surface area contributed by atoms with Crippen LogP contribution in [0, 0.1) is 5.92 Å². The smallest absolute Gasteiger partial charge is 0.174 e. The van der Waals surface area contributed by atoms with Crippen LogP contribution in [0.15, 0.2) is 67.3 Å². The fourth-order valence-corrected chi connectivity index (χ4v) is 2.79. The van der Waals surface area contributed by atoms with Crippen LogP contribution in [-0.4, -0.2) is 17.3 Å². The van der Waals surface area contributed by atoms with Gasteiger partial charge >= 0.3 is 0 Å². The van der Waals surface area contributed by atoms with E-state index in [1.807, 2.05) is 6.07 Å². The maximum Gasteiger partial charge on any atom is 0.174 e. The summed E-state index contributed by atoms with van der Waals surface area (Å²) in [5.74, 6) is -1.71. The van der Waals surface area contributed by atoms with Crippen molar-refractivity contribution in [2.24, 2.45) is 5.92 Å². The number of Topliss-reactive ketones (excluding diaryl/α,β-unsaturated/α-hetero) is 3. The number of hydrogen-bond acceptors (Lipinski definition) is 3. The first kappa shape index (κ1) is 17.5. The van der Waals surface area contributed by atoms with Crippen molar-refractivity contribution in [3.63, 3.8) is 0 Å². The van der Waals surface area contributed by atoms with Crippen LogP contribution in [0.2, 0.25) is 0 Å². The summed E-state index contributed by atoms with van der Waals surface area (Å²) in [6.45, 7) is 6.72. The Morgan fingerprint density at radius 3 is 1.92 bits per heavy atom. The zero-order chi connectivity index (χ0) is 17.7. The molecule has 2 rings (SSSR count). The number of allylic oxidation sites excluding steroid dienone is 1. The standard InChI is InChI=1S/C21H20O3/c1-4-19(17-12-10-16(11-13-17)14(2)22)20(15(3)23)21(24)18-8-6-5-7-9-18/h4-13,19-20H,1H2,2-3H3. The Hall–Kier alpha value is -2.81. The monoisotopic (exact) mass is 320 g/mol. The van der Waals surface area contributed by atoms with Gasteiger partial charge in [-0.2, -0.15) is 0 Å². The van der Waals surface area contributed by atoms with Crippen molar-refractivity contribution in [3.05, 3.63) is 83.9 Å². The van der Waals surface area contributed by atoms with Gasteiger partial charge in [0.05, 0.1) is 5.92 Å². The molecule has 2 aromatic rings. The third kappa shape index (κ3) is 3.74. The number of hydrogen-bond donors (Lipinski definition) is 0. The maximum absolute atomic E-state index is 12.8. The lowest BCUT2D eigenvalue weighted by Crippen LogP contribution is -2.28. The molecule has 24 heavy (non-hydrogen) atoms. The quantitative estimate of drug-likeness (QED) is 0.435. The Kier molecular flexibility index (Phi) is 5.59. The highest BCUT2D eigenvalue weighted by molar-refractivity contribution is 6.11. The third-order valence-electron chi connectivity index (χ3n) is 4.09. The summed E-state index contributed by atoms with van der Waals surface area (Å²) in [7, 11) is 0. The van der Waals surface area contributed by atoms with Gasteiger partial charge in [0.2, 0.25) is 0 Å². The molecule has 0 saturated heterocycles. The van der Waals surface area contributed by atoms with E-state index in [1.54, 1.807) is 54.6 Å². The van der Waals surface area contributed by atoms with E-state index in [-0.39, 0.29) is 17.3 Å². The average Bonchev–Trinajstić information content (AvgIpc) is 2.59. The largest absolute Gasteiger partial charge is 0.299 e. The molecular formula is C21H20O3. The number of ketones is 3. The SMILES string of the molecule is C=CC(c1ccc(C(C)=O)cc1)C(C(C)=O)C(=O)c1ccccc1. The normalized spacial score (nSPS) is 12.9. The van der Waals surface area contributed by atoms with E-state index in [9.17, 15) is 14.4 Å². The third-order valence-corrected chi connectivity index (χ3v) is 4.09. The van der Waals surface area contributed by atoms with Gasteiger partial charge in [-0.3, -0.25) is 14.4 Å². The van der Waals surface area contributed by atoms with Gasteiger partial charge in [0.15, 0.2) is 11.6 Å². The first-order valence-electron chi connectivity index (χ1n) is 7.79. The van der Waals surface area contributed by atoms with Gasteiger partial charge in [-0.1, -0.05) is 60.7 Å². The molecule has 3 heteroatoms. The summed E-state index contributed by atoms with van der Waals surface area (Å²) >= 11 is 0. The Bertz CT molecular complexity index is 757. The summed E-state index contributed by atoms with van der Waals surface area (Å²) in [5.41, 5.74) is 1.89. The van der Waals surface area contributed by atoms with Crippen molar-refractivity contribution >= 4 is 17.3 Å². The van der Waals surface area contributed by atoms with Crippen molar-refractivity contribution in [1.29, 1.82) is 0 Å². The molecule has 2 atom stereocenters. The molecular weight excluding hydrogens is 300 g/mol. The van der Waals surface area contributed by atoms with E-state index < -0.39 is 11.8 Å². The molecule has 2 unspecified atom stereocenters. The summed E-state index contributed by atoms with van der Waals surface area (Å²) in [6, 6.07) is 15.7. The molecule has 0 aromatic heterocycles. The van der Waals surface area contributed by atoms with Gasteiger partial charge in [0.25, 0.3) is 0 Å². The zero-order valence-corrected chi connectivity index (χ0v) is 13.9. The van der Waals surface area contributed by atoms with E-state index in [4.69, 9.17) is 0 Å². The average molecular weight is 320 g/mol. The van der Waals surface area contributed by atoms with Gasteiger partial charge in [-0.25, -0.2) is 0 Å². The van der Waals surface area contributed by atoms with Gasteiger partial charge in [-0.05, 0) is 19.4 Å². The van der Waals surface area contributed by atoms with E-state index >= 15 is 0 Å². The van der Waals surface area contributed by atoms with Crippen LogP contribution in [0.25, 0.3) is 0 Å². The van der Waals surface area contributed by atoms with Crippen LogP contribution in [0.1, 0.15) is 46.0 Å².